The lowest BCUT2D eigenvalue weighted by molar-refractivity contribution is -0.143. The fraction of sp³-hybridized carbons (Fsp3) is 0.585. The van der Waals surface area contributed by atoms with Crippen LogP contribution in [-0.2, 0) is 49.6 Å². The highest BCUT2D eigenvalue weighted by atomic mass is 16.4. The number of likely N-dealkylation sites (tertiary alicyclic amines) is 1. The standard InChI is InChI=1S/C41H62N10O10/c1-21(2)16-29(48-39(59)34(22(3)4)49-32(53)19-45-36(56)26(42)17-24-18-44-27-11-8-7-10-25(24)27)37(57)50-35(23(5)6)40(60)47-28(13-14-31(43)52)41(61)51-15-9-12-30(51)38(58)46-20-33(54)55/h7-8,10-11,18,21-23,26,28-30,34-35,44H,9,12-17,19-20,42H2,1-6H3,(H2,43,52)(H,45,56)(H,46,58)(H,47,60)(H,48,59)(H,49,53)(H,50,57)(H,54,55)/t26-,28-,29-,30-,34-,35-/m0/s1. The van der Waals surface area contributed by atoms with Crippen LogP contribution in [0, 0.1) is 17.8 Å². The number of nitrogens with one attached hydrogen (secondary N) is 7. The lowest BCUT2D eigenvalue weighted by Crippen LogP contribution is -2.61. The van der Waals surface area contributed by atoms with E-state index in [1.54, 1.807) is 33.9 Å². The number of nitrogens with two attached hydrogens (primary N) is 2. The van der Waals surface area contributed by atoms with E-state index in [1.165, 1.54) is 4.90 Å². The summed E-state index contributed by atoms with van der Waals surface area (Å²) in [6.07, 6.45) is 2.32. The van der Waals surface area contributed by atoms with Crippen LogP contribution in [-0.4, -0.2) is 124 Å². The Hall–Kier alpha value is -6.05. The van der Waals surface area contributed by atoms with Crippen molar-refractivity contribution in [1.82, 2.24) is 41.8 Å². The van der Waals surface area contributed by atoms with Gasteiger partial charge in [0.25, 0.3) is 0 Å². The number of carbonyl (C=O) groups excluding carboxylic acids is 8. The van der Waals surface area contributed by atoms with Gasteiger partial charge in [-0.1, -0.05) is 59.7 Å². The first-order valence-electron chi connectivity index (χ1n) is 20.6. The van der Waals surface area contributed by atoms with Crippen molar-refractivity contribution >= 4 is 64.1 Å². The number of fused-ring (bicyclic) bond motifs is 1. The molecule has 3 rings (SSSR count). The SMILES string of the molecule is CC(C)C[C@H](NC(=O)[C@@H](NC(=O)CNC(=O)[C@@H](N)Cc1c[nH]c2ccccc12)C(C)C)C(=O)N[C@H](C(=O)N[C@@H](CCC(N)=O)C(=O)N1CCC[C@H]1C(=O)NCC(=O)O)C(C)C. The van der Waals surface area contributed by atoms with Gasteiger partial charge in [-0.15, -0.1) is 0 Å². The zero-order valence-corrected chi connectivity index (χ0v) is 35.7. The molecule has 1 aliphatic rings. The maximum Gasteiger partial charge on any atom is 0.322 e. The number of hydrogen-bond acceptors (Lipinski definition) is 10. The highest BCUT2D eigenvalue weighted by Crippen LogP contribution is 2.21. The molecule has 8 amide bonds. The molecule has 1 aromatic heterocycles. The number of hydrogen-bond donors (Lipinski definition) is 10. The van der Waals surface area contributed by atoms with Gasteiger partial charge >= 0.3 is 5.97 Å². The molecule has 0 saturated carbocycles. The van der Waals surface area contributed by atoms with Gasteiger partial charge in [0, 0.05) is 30.1 Å². The zero-order chi connectivity index (χ0) is 45.6. The number of aromatic amines is 1. The monoisotopic (exact) mass is 854 g/mol. The Kier molecular flexibility index (Phi) is 18.7. The van der Waals surface area contributed by atoms with Gasteiger partial charge in [0.15, 0.2) is 0 Å². The van der Waals surface area contributed by atoms with Crippen LogP contribution in [0.3, 0.4) is 0 Å². The summed E-state index contributed by atoms with van der Waals surface area (Å²) in [5, 5.41) is 25.3. The minimum Gasteiger partial charge on any atom is -0.480 e. The van der Waals surface area contributed by atoms with Gasteiger partial charge in [0.2, 0.25) is 47.3 Å². The van der Waals surface area contributed by atoms with Gasteiger partial charge in [0.1, 0.15) is 36.8 Å². The third-order valence-electron chi connectivity index (χ3n) is 10.3. The second-order valence-corrected chi connectivity index (χ2v) is 16.5. The van der Waals surface area contributed by atoms with E-state index >= 15 is 0 Å². The Morgan fingerprint density at radius 2 is 1.43 bits per heavy atom. The predicted molar refractivity (Wildman–Crippen MR) is 224 cm³/mol. The van der Waals surface area contributed by atoms with Crippen molar-refractivity contribution in [3.63, 3.8) is 0 Å². The molecule has 336 valence electrons. The summed E-state index contributed by atoms with van der Waals surface area (Å²) in [5.74, 6) is -7.87. The van der Waals surface area contributed by atoms with Crippen LogP contribution in [0.2, 0.25) is 0 Å². The first-order valence-corrected chi connectivity index (χ1v) is 20.6. The quantitative estimate of drug-likeness (QED) is 0.0640. The summed E-state index contributed by atoms with van der Waals surface area (Å²) in [6, 6.07) is 0.776. The normalized spacial score (nSPS) is 16.3. The highest BCUT2D eigenvalue weighted by Gasteiger charge is 2.39. The predicted octanol–water partition coefficient (Wildman–Crippen LogP) is -1.09. The minimum atomic E-state index is -1.33. The molecule has 6 atom stereocenters. The van der Waals surface area contributed by atoms with Gasteiger partial charge in [-0.2, -0.15) is 0 Å². The van der Waals surface area contributed by atoms with Crippen molar-refractivity contribution < 1.29 is 48.3 Å². The summed E-state index contributed by atoms with van der Waals surface area (Å²) in [4.78, 5) is 121. The van der Waals surface area contributed by atoms with E-state index < -0.39 is 114 Å². The molecule has 0 spiro atoms. The molecule has 2 heterocycles. The van der Waals surface area contributed by atoms with Crippen LogP contribution in [0.15, 0.2) is 30.5 Å². The number of H-pyrrole nitrogens is 1. The van der Waals surface area contributed by atoms with Gasteiger partial charge in [-0.05, 0) is 61.5 Å². The fourth-order valence-electron chi connectivity index (χ4n) is 7.03. The molecule has 1 aromatic carbocycles. The Bertz CT molecular complexity index is 1910. The number of primary amides is 1. The summed E-state index contributed by atoms with van der Waals surface area (Å²) < 4.78 is 0. The second-order valence-electron chi connectivity index (χ2n) is 16.5. The number of nitrogens with zero attached hydrogens (tertiary/aromatic N) is 1. The maximum atomic E-state index is 13.9. The molecule has 0 bridgehead atoms. The second kappa shape index (κ2) is 23.1. The molecule has 2 aromatic rings. The number of carbonyl (C=O) groups is 9. The van der Waals surface area contributed by atoms with Crippen LogP contribution in [0.4, 0.5) is 0 Å². The van der Waals surface area contributed by atoms with Crippen LogP contribution in [0.1, 0.15) is 79.2 Å². The van der Waals surface area contributed by atoms with Crippen molar-refractivity contribution in [3.05, 3.63) is 36.0 Å². The number of carboxylic acids is 1. The van der Waals surface area contributed by atoms with E-state index in [1.807, 2.05) is 38.1 Å². The van der Waals surface area contributed by atoms with E-state index in [0.717, 1.165) is 16.5 Å². The summed E-state index contributed by atoms with van der Waals surface area (Å²) in [5.41, 5.74) is 13.3. The number of benzene rings is 1. The molecule has 1 fully saturated rings. The fourth-order valence-corrected chi connectivity index (χ4v) is 7.03. The van der Waals surface area contributed by atoms with Crippen molar-refractivity contribution in [3.8, 4) is 0 Å². The lowest BCUT2D eigenvalue weighted by Gasteiger charge is -2.31. The highest BCUT2D eigenvalue weighted by molar-refractivity contribution is 5.97. The number of para-hydroxylation sites is 1. The van der Waals surface area contributed by atoms with Gasteiger partial charge in [0.05, 0.1) is 12.6 Å². The topological polar surface area (TPSA) is 317 Å². The molecule has 61 heavy (non-hydrogen) atoms. The van der Waals surface area contributed by atoms with Crippen molar-refractivity contribution in [2.24, 2.45) is 29.2 Å². The maximum absolute atomic E-state index is 13.9. The molecule has 20 nitrogen and oxygen atoms in total. The van der Waals surface area contributed by atoms with Crippen LogP contribution in [0.5, 0.6) is 0 Å². The first kappa shape index (κ1) is 49.3. The molecule has 0 unspecified atom stereocenters. The van der Waals surface area contributed by atoms with E-state index in [9.17, 15) is 43.2 Å². The Labute approximate surface area is 354 Å². The van der Waals surface area contributed by atoms with Crippen LogP contribution >= 0.6 is 0 Å². The van der Waals surface area contributed by atoms with E-state index in [2.05, 4.69) is 36.9 Å². The Balaban J connectivity index is 1.67. The number of aromatic nitrogens is 1. The van der Waals surface area contributed by atoms with Gasteiger partial charge in [-0.25, -0.2) is 0 Å². The molecular weight excluding hydrogens is 793 g/mol. The molecule has 1 aliphatic heterocycles. The minimum absolute atomic E-state index is 0.116. The third-order valence-corrected chi connectivity index (χ3v) is 10.3. The Morgan fingerprint density at radius 1 is 0.803 bits per heavy atom. The molecule has 0 radical (unpaired) electrons. The number of aliphatic carboxylic acids is 1. The van der Waals surface area contributed by atoms with Crippen molar-refractivity contribution in [1.29, 1.82) is 0 Å². The molecule has 12 N–H and O–H groups in total. The molecular formula is C41H62N10O10. The molecule has 1 saturated heterocycles. The largest absolute Gasteiger partial charge is 0.480 e. The van der Waals surface area contributed by atoms with Gasteiger partial charge < -0.3 is 58.4 Å². The van der Waals surface area contributed by atoms with E-state index in [-0.39, 0.29) is 44.6 Å². The molecule has 0 aliphatic carbocycles. The van der Waals surface area contributed by atoms with E-state index in [0.29, 0.717) is 6.42 Å². The third kappa shape index (κ3) is 14.9. The van der Waals surface area contributed by atoms with Crippen LogP contribution < -0.4 is 43.4 Å². The number of amides is 8. The Morgan fingerprint density at radius 3 is 2.03 bits per heavy atom. The van der Waals surface area contributed by atoms with Gasteiger partial charge in [-0.3, -0.25) is 43.2 Å². The van der Waals surface area contributed by atoms with Crippen molar-refractivity contribution in [2.75, 3.05) is 19.6 Å². The lowest BCUT2D eigenvalue weighted by atomic mass is 9.98. The number of carboxylic acid groups (broad SMARTS) is 1. The average molecular weight is 855 g/mol. The summed E-state index contributed by atoms with van der Waals surface area (Å²) in [6.45, 7) is 9.38. The average Bonchev–Trinajstić information content (AvgIpc) is 3.85. The summed E-state index contributed by atoms with van der Waals surface area (Å²) >= 11 is 0. The van der Waals surface area contributed by atoms with E-state index in [4.69, 9.17) is 16.6 Å². The smallest absolute Gasteiger partial charge is 0.322 e. The zero-order valence-electron chi connectivity index (χ0n) is 35.7. The first-order chi connectivity index (χ1) is 28.7. The summed E-state index contributed by atoms with van der Waals surface area (Å²) in [7, 11) is 0. The number of rotatable bonds is 23. The molecule has 20 heteroatoms. The van der Waals surface area contributed by atoms with Crippen molar-refractivity contribution in [2.45, 2.75) is 116 Å². The van der Waals surface area contributed by atoms with Crippen LogP contribution in [0.25, 0.3) is 10.9 Å².